The van der Waals surface area contributed by atoms with Crippen LogP contribution < -0.4 is 5.73 Å². The van der Waals surface area contributed by atoms with Crippen molar-refractivity contribution < 1.29 is 9.84 Å². The van der Waals surface area contributed by atoms with Crippen LogP contribution >= 0.6 is 0 Å². The Labute approximate surface area is 122 Å². The highest BCUT2D eigenvalue weighted by Crippen LogP contribution is 2.17. The number of hydrogen-bond donors (Lipinski definition) is 2. The van der Waals surface area contributed by atoms with Crippen LogP contribution in [0.5, 0.6) is 0 Å². The Balaban J connectivity index is 2.65. The van der Waals surface area contributed by atoms with Crippen molar-refractivity contribution in [1.82, 2.24) is 4.90 Å². The maximum atomic E-state index is 10.4. The van der Waals surface area contributed by atoms with Crippen LogP contribution in [0.25, 0.3) is 0 Å². The van der Waals surface area contributed by atoms with E-state index in [4.69, 9.17) is 10.5 Å². The quantitative estimate of drug-likeness (QED) is 0.725. The molecule has 0 bridgehead atoms. The molecule has 0 aliphatic carbocycles. The Kier molecular flexibility index (Phi) is 7.77. The highest BCUT2D eigenvalue weighted by Gasteiger charge is 2.17. The number of ether oxygens (including phenoxy) is 1. The first kappa shape index (κ1) is 17.1. The predicted octanol–water partition coefficient (Wildman–Crippen LogP) is 1.93. The van der Waals surface area contributed by atoms with Gasteiger partial charge in [0.1, 0.15) is 0 Å². The van der Waals surface area contributed by atoms with Gasteiger partial charge in [0, 0.05) is 32.8 Å². The fourth-order valence-electron chi connectivity index (χ4n) is 2.16. The average molecular weight is 280 g/mol. The maximum Gasteiger partial charge on any atom is 0.0917 e. The molecule has 114 valence electrons. The molecule has 0 saturated carbocycles. The molecule has 0 aromatic heterocycles. The second kappa shape index (κ2) is 9.08. The summed E-state index contributed by atoms with van der Waals surface area (Å²) in [6.07, 6.45) is 0.579. The van der Waals surface area contributed by atoms with Gasteiger partial charge < -0.3 is 15.6 Å². The minimum atomic E-state index is -0.479. The number of rotatable bonds is 9. The minimum absolute atomic E-state index is 0.433. The number of nitrogens with zero attached hydrogens (tertiary/aromatic N) is 1. The van der Waals surface area contributed by atoms with E-state index in [1.807, 2.05) is 24.3 Å². The summed E-state index contributed by atoms with van der Waals surface area (Å²) in [5.74, 6) is 0. The van der Waals surface area contributed by atoms with Crippen molar-refractivity contribution >= 4 is 0 Å². The van der Waals surface area contributed by atoms with E-state index in [2.05, 4.69) is 18.7 Å². The summed E-state index contributed by atoms with van der Waals surface area (Å²) in [5.41, 5.74) is 7.61. The molecule has 20 heavy (non-hydrogen) atoms. The van der Waals surface area contributed by atoms with Crippen LogP contribution in [-0.4, -0.2) is 42.9 Å². The van der Waals surface area contributed by atoms with Crippen LogP contribution in [0.1, 0.15) is 37.5 Å². The van der Waals surface area contributed by atoms with Crippen LogP contribution in [0, 0.1) is 0 Å². The SMILES string of the molecule is CCC(C)N(CCOC)CC(O)c1ccc(CN)cc1. The zero-order valence-electron chi connectivity index (χ0n) is 12.9. The molecule has 0 fully saturated rings. The van der Waals surface area contributed by atoms with Crippen molar-refractivity contribution in [3.8, 4) is 0 Å². The van der Waals surface area contributed by atoms with E-state index in [0.717, 1.165) is 24.1 Å². The fraction of sp³-hybridized carbons (Fsp3) is 0.625. The Morgan fingerprint density at radius 1 is 1.30 bits per heavy atom. The molecule has 0 amide bonds. The van der Waals surface area contributed by atoms with Gasteiger partial charge in [-0.15, -0.1) is 0 Å². The van der Waals surface area contributed by atoms with Crippen LogP contribution in [-0.2, 0) is 11.3 Å². The molecular weight excluding hydrogens is 252 g/mol. The first-order chi connectivity index (χ1) is 9.62. The van der Waals surface area contributed by atoms with Crippen molar-refractivity contribution in [2.75, 3.05) is 26.8 Å². The van der Waals surface area contributed by atoms with Gasteiger partial charge in [-0.2, -0.15) is 0 Å². The van der Waals surface area contributed by atoms with Crippen molar-refractivity contribution in [2.45, 2.75) is 39.0 Å². The molecule has 0 aliphatic rings. The molecule has 2 atom stereocenters. The molecule has 0 saturated heterocycles. The van der Waals surface area contributed by atoms with Crippen LogP contribution in [0.4, 0.5) is 0 Å². The molecule has 0 radical (unpaired) electrons. The lowest BCUT2D eigenvalue weighted by Gasteiger charge is -2.30. The summed E-state index contributed by atoms with van der Waals surface area (Å²) in [7, 11) is 1.71. The van der Waals surface area contributed by atoms with Crippen molar-refractivity contribution in [3.05, 3.63) is 35.4 Å². The van der Waals surface area contributed by atoms with E-state index in [1.165, 1.54) is 0 Å². The predicted molar refractivity (Wildman–Crippen MR) is 82.5 cm³/mol. The number of nitrogens with two attached hydrogens (primary N) is 1. The van der Waals surface area contributed by atoms with Crippen molar-refractivity contribution in [3.63, 3.8) is 0 Å². The number of hydrogen-bond acceptors (Lipinski definition) is 4. The molecule has 3 N–H and O–H groups in total. The average Bonchev–Trinajstić information content (AvgIpc) is 2.50. The molecule has 4 heteroatoms. The summed E-state index contributed by atoms with van der Waals surface area (Å²) in [4.78, 5) is 2.27. The van der Waals surface area contributed by atoms with Crippen LogP contribution in [0.3, 0.4) is 0 Å². The number of benzene rings is 1. The summed E-state index contributed by atoms with van der Waals surface area (Å²) in [6.45, 7) is 7.02. The fourth-order valence-corrected chi connectivity index (χ4v) is 2.16. The molecule has 0 heterocycles. The largest absolute Gasteiger partial charge is 0.387 e. The van der Waals surface area contributed by atoms with E-state index in [9.17, 15) is 5.11 Å². The summed E-state index contributed by atoms with van der Waals surface area (Å²) in [5, 5.41) is 10.4. The van der Waals surface area contributed by atoms with E-state index in [1.54, 1.807) is 7.11 Å². The van der Waals surface area contributed by atoms with Gasteiger partial charge in [-0.05, 0) is 24.5 Å². The van der Waals surface area contributed by atoms with E-state index in [0.29, 0.717) is 25.7 Å². The van der Waals surface area contributed by atoms with Gasteiger partial charge >= 0.3 is 0 Å². The lowest BCUT2D eigenvalue weighted by Crippen LogP contribution is -2.38. The monoisotopic (exact) mass is 280 g/mol. The minimum Gasteiger partial charge on any atom is -0.387 e. The molecule has 1 aromatic rings. The number of aliphatic hydroxyl groups is 1. The Hall–Kier alpha value is -0.940. The number of aliphatic hydroxyl groups excluding tert-OH is 1. The highest BCUT2D eigenvalue weighted by molar-refractivity contribution is 5.24. The molecule has 2 unspecified atom stereocenters. The Bertz CT molecular complexity index is 367. The molecule has 1 rings (SSSR count). The molecule has 0 aliphatic heterocycles. The molecule has 1 aromatic carbocycles. The maximum absolute atomic E-state index is 10.4. The summed E-state index contributed by atoms with van der Waals surface area (Å²) < 4.78 is 5.15. The topological polar surface area (TPSA) is 58.7 Å². The number of methoxy groups -OCH3 is 1. The zero-order chi connectivity index (χ0) is 15.0. The summed E-state index contributed by atoms with van der Waals surface area (Å²) >= 11 is 0. The smallest absolute Gasteiger partial charge is 0.0917 e. The van der Waals surface area contributed by atoms with Gasteiger partial charge in [-0.3, -0.25) is 4.90 Å². The third-order valence-electron chi connectivity index (χ3n) is 3.80. The van der Waals surface area contributed by atoms with Crippen molar-refractivity contribution in [1.29, 1.82) is 0 Å². The van der Waals surface area contributed by atoms with Gasteiger partial charge in [-0.1, -0.05) is 31.2 Å². The van der Waals surface area contributed by atoms with Gasteiger partial charge in [0.25, 0.3) is 0 Å². The molecule has 0 spiro atoms. The standard InChI is InChI=1S/C16H28N2O2/c1-4-13(2)18(9-10-20-3)12-16(19)15-7-5-14(11-17)6-8-15/h5-8,13,16,19H,4,9-12,17H2,1-3H3. The Morgan fingerprint density at radius 2 is 1.95 bits per heavy atom. The van der Waals surface area contributed by atoms with Gasteiger partial charge in [-0.25, -0.2) is 0 Å². The lowest BCUT2D eigenvalue weighted by atomic mass is 10.1. The third-order valence-corrected chi connectivity index (χ3v) is 3.80. The van der Waals surface area contributed by atoms with Gasteiger partial charge in [0.05, 0.1) is 12.7 Å². The second-order valence-corrected chi connectivity index (χ2v) is 5.21. The van der Waals surface area contributed by atoms with Crippen LogP contribution in [0.15, 0.2) is 24.3 Å². The third kappa shape index (κ3) is 5.21. The highest BCUT2D eigenvalue weighted by atomic mass is 16.5. The van der Waals surface area contributed by atoms with Gasteiger partial charge in [0.2, 0.25) is 0 Å². The van der Waals surface area contributed by atoms with Crippen LogP contribution in [0.2, 0.25) is 0 Å². The summed E-state index contributed by atoms with van der Waals surface area (Å²) in [6, 6.07) is 8.29. The molecule has 4 nitrogen and oxygen atoms in total. The van der Waals surface area contributed by atoms with E-state index in [-0.39, 0.29) is 0 Å². The first-order valence-electron chi connectivity index (χ1n) is 7.32. The lowest BCUT2D eigenvalue weighted by molar-refractivity contribution is 0.0668. The van der Waals surface area contributed by atoms with Crippen molar-refractivity contribution in [2.24, 2.45) is 5.73 Å². The normalized spacial score (nSPS) is 14.5. The zero-order valence-corrected chi connectivity index (χ0v) is 12.9. The second-order valence-electron chi connectivity index (χ2n) is 5.21. The van der Waals surface area contributed by atoms with E-state index >= 15 is 0 Å². The van der Waals surface area contributed by atoms with E-state index < -0.39 is 6.10 Å². The van der Waals surface area contributed by atoms with Gasteiger partial charge in [0.15, 0.2) is 0 Å². The first-order valence-corrected chi connectivity index (χ1v) is 7.32. The molecular formula is C16H28N2O2. The Morgan fingerprint density at radius 3 is 2.45 bits per heavy atom.